The van der Waals surface area contributed by atoms with Gasteiger partial charge in [-0.25, -0.2) is 4.39 Å². The molecule has 0 aliphatic carbocycles. The van der Waals surface area contributed by atoms with Gasteiger partial charge in [-0.15, -0.1) is 0 Å². The Balaban J connectivity index is 1.35. The summed E-state index contributed by atoms with van der Waals surface area (Å²) in [6, 6.07) is 12.0. The number of carbonyl (C=O) groups excluding carboxylic acids is 1. The fourth-order valence-electron chi connectivity index (χ4n) is 4.49. The molecule has 0 radical (unpaired) electrons. The Kier molecular flexibility index (Phi) is 6.25. The highest BCUT2D eigenvalue weighted by Gasteiger charge is 2.30. The highest BCUT2D eigenvalue weighted by atomic mass is 35.5. The minimum Gasteiger partial charge on any atom is -0.495 e. The summed E-state index contributed by atoms with van der Waals surface area (Å²) in [4.78, 5) is 25.9. The van der Waals surface area contributed by atoms with Crippen LogP contribution in [0.5, 0.6) is 5.75 Å². The number of amides is 1. The number of anilines is 1. The Morgan fingerprint density at radius 3 is 2.74 bits per heavy atom. The SMILES string of the molecule is COc1cc(N2CCN(C(=O)Cn3nc(-c4ccccn4)c4ncccc43)C(C)C2)c(F)cc1Cl. The Labute approximate surface area is 206 Å². The molecule has 1 saturated heterocycles. The number of rotatable bonds is 5. The van der Waals surface area contributed by atoms with Crippen LogP contribution >= 0.6 is 11.6 Å². The van der Waals surface area contributed by atoms with Gasteiger partial charge >= 0.3 is 0 Å². The quantitative estimate of drug-likeness (QED) is 0.417. The predicted octanol–water partition coefficient (Wildman–Crippen LogP) is 4.03. The summed E-state index contributed by atoms with van der Waals surface area (Å²) < 4.78 is 21.5. The van der Waals surface area contributed by atoms with E-state index in [0.29, 0.717) is 48.0 Å². The standard InChI is InChI=1S/C25H24ClFN6O2/c1-16-14-31(21-13-22(35-2)17(26)12-18(21)27)10-11-32(16)23(34)15-33-20-7-5-9-29-25(20)24(30-33)19-6-3-4-8-28-19/h3-9,12-13,16H,10-11,14-15H2,1-2H3. The highest BCUT2D eigenvalue weighted by Crippen LogP contribution is 2.33. The number of carbonyl (C=O) groups is 1. The van der Waals surface area contributed by atoms with Gasteiger partial charge in [-0.05, 0) is 37.3 Å². The van der Waals surface area contributed by atoms with Crippen LogP contribution in [0.25, 0.3) is 22.4 Å². The van der Waals surface area contributed by atoms with Crippen LogP contribution in [0.15, 0.2) is 54.9 Å². The topological polar surface area (TPSA) is 76.4 Å². The van der Waals surface area contributed by atoms with Gasteiger partial charge < -0.3 is 14.5 Å². The van der Waals surface area contributed by atoms with Gasteiger partial charge in [0.1, 0.15) is 29.3 Å². The van der Waals surface area contributed by atoms with Gasteiger partial charge in [-0.1, -0.05) is 17.7 Å². The maximum Gasteiger partial charge on any atom is 0.244 e. The van der Waals surface area contributed by atoms with Crippen LogP contribution in [-0.4, -0.2) is 63.3 Å². The summed E-state index contributed by atoms with van der Waals surface area (Å²) in [5, 5.41) is 4.90. The number of fused-ring (bicyclic) bond motifs is 1. The van der Waals surface area contributed by atoms with E-state index in [-0.39, 0.29) is 23.5 Å². The number of halogens is 2. The number of hydrogen-bond acceptors (Lipinski definition) is 6. The van der Waals surface area contributed by atoms with E-state index in [1.54, 1.807) is 23.1 Å². The van der Waals surface area contributed by atoms with Crippen LogP contribution in [0.4, 0.5) is 10.1 Å². The fraction of sp³-hybridized carbons (Fsp3) is 0.280. The maximum atomic E-state index is 14.6. The molecule has 1 unspecified atom stereocenters. The molecule has 0 saturated carbocycles. The minimum atomic E-state index is -0.416. The van der Waals surface area contributed by atoms with Crippen molar-refractivity contribution in [3.05, 3.63) is 65.7 Å². The average molecular weight is 495 g/mol. The second-order valence-corrected chi connectivity index (χ2v) is 8.82. The van der Waals surface area contributed by atoms with Crippen molar-refractivity contribution >= 4 is 34.2 Å². The smallest absolute Gasteiger partial charge is 0.244 e. The molecule has 1 aliphatic heterocycles. The molecule has 4 heterocycles. The molecule has 35 heavy (non-hydrogen) atoms. The van der Waals surface area contributed by atoms with Gasteiger partial charge in [0.2, 0.25) is 5.91 Å². The van der Waals surface area contributed by atoms with E-state index >= 15 is 0 Å². The van der Waals surface area contributed by atoms with Gasteiger partial charge in [0, 0.05) is 44.1 Å². The molecule has 180 valence electrons. The van der Waals surface area contributed by atoms with Gasteiger partial charge in [-0.2, -0.15) is 5.10 Å². The van der Waals surface area contributed by atoms with Crippen LogP contribution < -0.4 is 9.64 Å². The molecule has 4 aromatic rings. The zero-order valence-electron chi connectivity index (χ0n) is 19.4. The summed E-state index contributed by atoms with van der Waals surface area (Å²) in [5.41, 5.74) is 3.21. The number of aromatic nitrogens is 4. The summed E-state index contributed by atoms with van der Waals surface area (Å²) in [5.74, 6) is -0.0652. The van der Waals surface area contributed by atoms with Gasteiger partial charge in [0.05, 0.1) is 29.0 Å². The first kappa shape index (κ1) is 23.0. The fourth-order valence-corrected chi connectivity index (χ4v) is 4.72. The van der Waals surface area contributed by atoms with E-state index in [4.69, 9.17) is 16.3 Å². The summed E-state index contributed by atoms with van der Waals surface area (Å²) >= 11 is 6.04. The van der Waals surface area contributed by atoms with Crippen molar-refractivity contribution in [2.75, 3.05) is 31.6 Å². The van der Waals surface area contributed by atoms with E-state index < -0.39 is 5.82 Å². The Bertz CT molecular complexity index is 1380. The molecule has 3 aromatic heterocycles. The van der Waals surface area contributed by atoms with Gasteiger partial charge in [0.25, 0.3) is 0 Å². The second kappa shape index (κ2) is 9.50. The summed E-state index contributed by atoms with van der Waals surface area (Å²) in [6.45, 7) is 3.45. The number of benzene rings is 1. The lowest BCUT2D eigenvalue weighted by Crippen LogP contribution is -2.55. The number of methoxy groups -OCH3 is 1. The number of hydrogen-bond donors (Lipinski definition) is 0. The average Bonchev–Trinajstić information content (AvgIpc) is 3.23. The Morgan fingerprint density at radius 2 is 2.00 bits per heavy atom. The first-order valence-electron chi connectivity index (χ1n) is 11.3. The molecule has 0 N–H and O–H groups in total. The molecule has 0 spiro atoms. The number of ether oxygens (including phenoxy) is 1. The van der Waals surface area contributed by atoms with E-state index in [1.165, 1.54) is 13.2 Å². The number of nitrogens with zero attached hydrogens (tertiary/aromatic N) is 6. The van der Waals surface area contributed by atoms with Crippen LogP contribution in [0.3, 0.4) is 0 Å². The predicted molar refractivity (Wildman–Crippen MR) is 132 cm³/mol. The molecule has 1 atom stereocenters. The van der Waals surface area contributed by atoms with Crippen molar-refractivity contribution in [1.29, 1.82) is 0 Å². The molecular formula is C25H24ClFN6O2. The molecular weight excluding hydrogens is 471 g/mol. The molecule has 5 rings (SSSR count). The van der Waals surface area contributed by atoms with Crippen molar-refractivity contribution in [2.24, 2.45) is 0 Å². The van der Waals surface area contributed by atoms with E-state index in [9.17, 15) is 9.18 Å². The molecule has 0 bridgehead atoms. The normalized spacial score (nSPS) is 16.1. The van der Waals surface area contributed by atoms with E-state index in [0.717, 1.165) is 5.52 Å². The third kappa shape index (κ3) is 4.39. The highest BCUT2D eigenvalue weighted by molar-refractivity contribution is 6.32. The number of piperazine rings is 1. The second-order valence-electron chi connectivity index (χ2n) is 8.41. The lowest BCUT2D eigenvalue weighted by atomic mass is 10.1. The molecule has 1 amide bonds. The largest absolute Gasteiger partial charge is 0.495 e. The van der Waals surface area contributed by atoms with Crippen molar-refractivity contribution < 1.29 is 13.9 Å². The first-order valence-corrected chi connectivity index (χ1v) is 11.6. The first-order chi connectivity index (χ1) is 17.0. The van der Waals surface area contributed by atoms with Crippen LogP contribution in [0.1, 0.15) is 6.92 Å². The van der Waals surface area contributed by atoms with Crippen molar-refractivity contribution in [3.63, 3.8) is 0 Å². The van der Waals surface area contributed by atoms with Crippen molar-refractivity contribution in [3.8, 4) is 17.1 Å². The summed E-state index contributed by atoms with van der Waals surface area (Å²) in [6.07, 6.45) is 3.41. The van der Waals surface area contributed by atoms with E-state index in [2.05, 4.69) is 15.1 Å². The maximum absolute atomic E-state index is 14.6. The zero-order valence-corrected chi connectivity index (χ0v) is 20.1. The van der Waals surface area contributed by atoms with Crippen LogP contribution in [0.2, 0.25) is 5.02 Å². The van der Waals surface area contributed by atoms with Gasteiger partial charge in [0.15, 0.2) is 0 Å². The molecule has 8 nitrogen and oxygen atoms in total. The van der Waals surface area contributed by atoms with Crippen LogP contribution in [0, 0.1) is 5.82 Å². The molecule has 1 fully saturated rings. The number of pyridine rings is 2. The van der Waals surface area contributed by atoms with Crippen molar-refractivity contribution in [2.45, 2.75) is 19.5 Å². The molecule has 10 heteroatoms. The minimum absolute atomic E-state index is 0.0628. The van der Waals surface area contributed by atoms with Crippen LogP contribution in [-0.2, 0) is 11.3 Å². The lowest BCUT2D eigenvalue weighted by Gasteiger charge is -2.41. The zero-order chi connectivity index (χ0) is 24.5. The lowest BCUT2D eigenvalue weighted by molar-refractivity contribution is -0.134. The third-order valence-electron chi connectivity index (χ3n) is 6.21. The Hall–Kier alpha value is -3.72. The monoisotopic (exact) mass is 494 g/mol. The summed E-state index contributed by atoms with van der Waals surface area (Å²) in [7, 11) is 1.50. The van der Waals surface area contributed by atoms with Crippen molar-refractivity contribution in [1.82, 2.24) is 24.6 Å². The Morgan fingerprint density at radius 1 is 1.17 bits per heavy atom. The molecule has 1 aliphatic rings. The molecule has 1 aromatic carbocycles. The van der Waals surface area contributed by atoms with E-state index in [1.807, 2.05) is 47.1 Å². The van der Waals surface area contributed by atoms with Gasteiger partial charge in [-0.3, -0.25) is 19.4 Å². The third-order valence-corrected chi connectivity index (χ3v) is 6.51.